The van der Waals surface area contributed by atoms with E-state index in [-0.39, 0.29) is 29.8 Å². The monoisotopic (exact) mass is 488 g/mol. The molecule has 4 N–H and O–H groups in total. The van der Waals surface area contributed by atoms with Crippen molar-refractivity contribution in [3.05, 3.63) is 53.1 Å². The van der Waals surface area contributed by atoms with Gasteiger partial charge in [-0.3, -0.25) is 9.69 Å². The number of carbonyl (C=O) groups is 1. The second-order valence-electron chi connectivity index (χ2n) is 8.10. The van der Waals surface area contributed by atoms with Crippen LogP contribution in [0.5, 0.6) is 5.75 Å². The lowest BCUT2D eigenvalue weighted by molar-refractivity contribution is -0.136. The Hall–Kier alpha value is -3.05. The highest BCUT2D eigenvalue weighted by Gasteiger charge is 2.47. The molecule has 34 heavy (non-hydrogen) atoms. The quantitative estimate of drug-likeness (QED) is 0.362. The number of aliphatic hydroxyl groups is 1. The molecule has 0 bridgehead atoms. The molecule has 0 atom stereocenters. The summed E-state index contributed by atoms with van der Waals surface area (Å²) in [4.78, 5) is 23.4. The molecule has 11 heteroatoms. The molecule has 1 aliphatic heterocycles. The molecule has 0 unspecified atom stereocenters. The van der Waals surface area contributed by atoms with Crippen molar-refractivity contribution in [3.8, 4) is 5.75 Å². The average molecular weight is 489 g/mol. The zero-order chi connectivity index (χ0) is 24.3. The van der Waals surface area contributed by atoms with Gasteiger partial charge in [-0.2, -0.15) is 0 Å². The molecule has 4 rings (SSSR count). The summed E-state index contributed by atoms with van der Waals surface area (Å²) in [5, 5.41) is 18.7. The van der Waals surface area contributed by atoms with Gasteiger partial charge in [0.2, 0.25) is 5.91 Å². The minimum Gasteiger partial charge on any atom is -0.496 e. The van der Waals surface area contributed by atoms with Gasteiger partial charge in [0.1, 0.15) is 23.4 Å². The van der Waals surface area contributed by atoms with Crippen LogP contribution in [0.15, 0.2) is 36.7 Å². The Kier molecular flexibility index (Phi) is 7.13. The van der Waals surface area contributed by atoms with E-state index in [1.165, 1.54) is 12.4 Å². The number of methoxy groups -OCH3 is 1. The second kappa shape index (κ2) is 10.1. The lowest BCUT2D eigenvalue weighted by Crippen LogP contribution is -2.74. The summed E-state index contributed by atoms with van der Waals surface area (Å²) in [6, 6.07) is 8.36. The third-order valence-corrected chi connectivity index (χ3v) is 6.33. The highest BCUT2D eigenvalue weighted by Crippen LogP contribution is 2.33. The van der Waals surface area contributed by atoms with Crippen LogP contribution in [0.1, 0.15) is 5.56 Å². The Morgan fingerprint density at radius 3 is 2.82 bits per heavy atom. The predicted molar refractivity (Wildman–Crippen MR) is 128 cm³/mol. The number of fused-ring (bicyclic) bond motifs is 1. The molecule has 1 saturated heterocycles. The number of aliphatic hydroxyl groups excluding tert-OH is 1. The van der Waals surface area contributed by atoms with E-state index in [1.807, 2.05) is 18.0 Å². The Balaban J connectivity index is 1.68. The van der Waals surface area contributed by atoms with E-state index in [4.69, 9.17) is 21.4 Å². The standard InChI is InChI=1S/C23H26ClFN6O3/c1-31(23(11-26-12-23)22(33)27-6-7-32)10-14-8-15-18(9-19(14)34-2)28-13-29-21(15)30-17-5-3-4-16(24)20(17)25/h3-5,8-9,13,26,32H,6-7,10-12H2,1-2H3,(H,27,33)(H,28,29,30). The Morgan fingerprint density at radius 1 is 1.35 bits per heavy atom. The van der Waals surface area contributed by atoms with Crippen molar-refractivity contribution in [1.29, 1.82) is 0 Å². The average Bonchev–Trinajstić information content (AvgIpc) is 2.79. The van der Waals surface area contributed by atoms with E-state index in [9.17, 15) is 9.18 Å². The Bertz CT molecular complexity index is 1210. The van der Waals surface area contributed by atoms with E-state index in [1.54, 1.807) is 25.3 Å². The molecule has 9 nitrogen and oxygen atoms in total. The Morgan fingerprint density at radius 2 is 2.15 bits per heavy atom. The summed E-state index contributed by atoms with van der Waals surface area (Å²) in [6.07, 6.45) is 1.39. The third-order valence-electron chi connectivity index (χ3n) is 6.04. The molecule has 0 aliphatic carbocycles. The highest BCUT2D eigenvalue weighted by atomic mass is 35.5. The number of amides is 1. The maximum absolute atomic E-state index is 14.5. The number of nitrogens with zero attached hydrogens (tertiary/aromatic N) is 3. The number of hydrogen-bond acceptors (Lipinski definition) is 8. The minimum absolute atomic E-state index is 0.00576. The van der Waals surface area contributed by atoms with Crippen molar-refractivity contribution in [3.63, 3.8) is 0 Å². The lowest BCUT2D eigenvalue weighted by atomic mass is 9.88. The first-order chi connectivity index (χ1) is 16.4. The van der Waals surface area contributed by atoms with E-state index in [2.05, 4.69) is 25.9 Å². The van der Waals surface area contributed by atoms with Crippen LogP contribution in [-0.4, -0.2) is 71.8 Å². The summed E-state index contributed by atoms with van der Waals surface area (Å²) in [6.45, 7) is 1.44. The van der Waals surface area contributed by atoms with Crippen LogP contribution in [0.4, 0.5) is 15.9 Å². The van der Waals surface area contributed by atoms with Gasteiger partial charge in [-0.1, -0.05) is 17.7 Å². The highest BCUT2D eigenvalue weighted by molar-refractivity contribution is 6.31. The zero-order valence-electron chi connectivity index (χ0n) is 18.9. The molecule has 1 amide bonds. The molecule has 180 valence electrons. The van der Waals surface area contributed by atoms with Gasteiger partial charge < -0.3 is 25.8 Å². The number of halogens is 2. The van der Waals surface area contributed by atoms with Crippen LogP contribution in [0.3, 0.4) is 0 Å². The number of aromatic nitrogens is 2. The van der Waals surface area contributed by atoms with E-state index < -0.39 is 11.4 Å². The molecule has 1 aromatic heterocycles. The fourth-order valence-corrected chi connectivity index (χ4v) is 4.15. The van der Waals surface area contributed by atoms with Crippen molar-refractivity contribution >= 4 is 39.9 Å². The molecule has 0 radical (unpaired) electrons. The second-order valence-corrected chi connectivity index (χ2v) is 8.51. The molecule has 1 aliphatic rings. The summed E-state index contributed by atoms with van der Waals surface area (Å²) in [7, 11) is 3.44. The number of carbonyl (C=O) groups excluding carboxylic acids is 1. The molecular formula is C23H26ClFN6O3. The van der Waals surface area contributed by atoms with Crippen LogP contribution in [0.25, 0.3) is 10.9 Å². The van der Waals surface area contributed by atoms with Gasteiger partial charge in [-0.25, -0.2) is 14.4 Å². The van der Waals surface area contributed by atoms with Crippen LogP contribution in [-0.2, 0) is 11.3 Å². The lowest BCUT2D eigenvalue weighted by Gasteiger charge is -2.47. The Labute approximate surface area is 201 Å². The van der Waals surface area contributed by atoms with Crippen molar-refractivity contribution in [2.75, 3.05) is 45.7 Å². The normalized spacial score (nSPS) is 14.6. The van der Waals surface area contributed by atoms with Crippen LogP contribution in [0.2, 0.25) is 5.02 Å². The minimum atomic E-state index is -0.743. The smallest absolute Gasteiger partial charge is 0.243 e. The molecule has 3 aromatic rings. The number of rotatable bonds is 9. The molecular weight excluding hydrogens is 463 g/mol. The number of likely N-dealkylation sites (N-methyl/N-ethyl adjacent to an activating group) is 1. The SMILES string of the molecule is COc1cc2ncnc(Nc3cccc(Cl)c3F)c2cc1CN(C)C1(C(=O)NCCO)CNC1. The molecule has 1 fully saturated rings. The largest absolute Gasteiger partial charge is 0.496 e. The van der Waals surface area contributed by atoms with E-state index >= 15 is 0 Å². The van der Waals surface area contributed by atoms with Gasteiger partial charge >= 0.3 is 0 Å². The zero-order valence-corrected chi connectivity index (χ0v) is 19.6. The number of ether oxygens (including phenoxy) is 1. The maximum Gasteiger partial charge on any atom is 0.243 e. The summed E-state index contributed by atoms with van der Waals surface area (Å²) in [5.41, 5.74) is 0.877. The van der Waals surface area contributed by atoms with E-state index in [0.717, 1.165) is 5.56 Å². The molecule has 2 aromatic carbocycles. The van der Waals surface area contributed by atoms with Crippen molar-refractivity contribution < 1.29 is 19.0 Å². The molecule has 0 saturated carbocycles. The maximum atomic E-state index is 14.5. The first-order valence-corrected chi connectivity index (χ1v) is 11.1. The number of hydrogen-bond donors (Lipinski definition) is 4. The van der Waals surface area contributed by atoms with Crippen LogP contribution in [0, 0.1) is 5.82 Å². The van der Waals surface area contributed by atoms with Crippen LogP contribution >= 0.6 is 11.6 Å². The van der Waals surface area contributed by atoms with Gasteiger partial charge in [0.25, 0.3) is 0 Å². The summed E-state index contributed by atoms with van der Waals surface area (Å²) >= 11 is 5.92. The van der Waals surface area contributed by atoms with Crippen molar-refractivity contribution in [2.24, 2.45) is 0 Å². The number of benzene rings is 2. The number of nitrogens with one attached hydrogen (secondary N) is 3. The number of anilines is 2. The van der Waals surface area contributed by atoms with Gasteiger partial charge in [0.05, 0.1) is 29.9 Å². The summed E-state index contributed by atoms with van der Waals surface area (Å²) < 4.78 is 20.1. The van der Waals surface area contributed by atoms with Gasteiger partial charge in [-0.05, 0) is 25.2 Å². The third kappa shape index (κ3) is 4.49. The van der Waals surface area contributed by atoms with Gasteiger partial charge in [-0.15, -0.1) is 0 Å². The fraction of sp³-hybridized carbons (Fsp3) is 0.348. The van der Waals surface area contributed by atoms with Crippen molar-refractivity contribution in [2.45, 2.75) is 12.1 Å². The topological polar surface area (TPSA) is 112 Å². The van der Waals surface area contributed by atoms with Crippen LogP contribution < -0.4 is 20.7 Å². The van der Waals surface area contributed by atoms with Gasteiger partial charge in [0.15, 0.2) is 5.82 Å². The predicted octanol–water partition coefficient (Wildman–Crippen LogP) is 2.06. The molecule has 2 heterocycles. The molecule has 0 spiro atoms. The first-order valence-electron chi connectivity index (χ1n) is 10.7. The van der Waals surface area contributed by atoms with Gasteiger partial charge in [0, 0.05) is 43.2 Å². The van der Waals surface area contributed by atoms with E-state index in [0.29, 0.717) is 42.1 Å². The first kappa shape index (κ1) is 24.1. The van der Waals surface area contributed by atoms with Crippen molar-refractivity contribution in [1.82, 2.24) is 25.5 Å². The fourth-order valence-electron chi connectivity index (χ4n) is 3.98. The summed E-state index contributed by atoms with van der Waals surface area (Å²) in [5.74, 6) is 0.303.